The lowest BCUT2D eigenvalue weighted by Crippen LogP contribution is -2.41. The summed E-state index contributed by atoms with van der Waals surface area (Å²) >= 11 is 0. The van der Waals surface area contributed by atoms with E-state index in [1.807, 2.05) is 23.1 Å². The molecule has 1 amide bonds. The average molecular weight is 385 g/mol. The van der Waals surface area contributed by atoms with Crippen molar-refractivity contribution in [2.45, 2.75) is 51.6 Å². The van der Waals surface area contributed by atoms with Gasteiger partial charge in [0, 0.05) is 26.1 Å². The first-order chi connectivity index (χ1) is 12.2. The van der Waals surface area contributed by atoms with Crippen molar-refractivity contribution < 1.29 is 14.3 Å². The molecule has 1 fully saturated rings. The third kappa shape index (κ3) is 8.39. The van der Waals surface area contributed by atoms with Crippen molar-refractivity contribution in [1.29, 1.82) is 0 Å². The van der Waals surface area contributed by atoms with E-state index in [2.05, 4.69) is 13.0 Å². The van der Waals surface area contributed by atoms with Gasteiger partial charge in [0.25, 0.3) is 0 Å². The first-order valence-corrected chi connectivity index (χ1v) is 9.48. The Bertz CT molecular complexity index is 520. The van der Waals surface area contributed by atoms with Gasteiger partial charge < -0.3 is 20.1 Å². The number of hydrogen-bond donors (Lipinski definition) is 1. The van der Waals surface area contributed by atoms with E-state index < -0.39 is 0 Å². The first-order valence-electron chi connectivity index (χ1n) is 9.48. The molecule has 0 aromatic heterocycles. The van der Waals surface area contributed by atoms with Gasteiger partial charge in [0.2, 0.25) is 5.91 Å². The smallest absolute Gasteiger partial charge is 0.222 e. The number of aryl methyl sites for hydroxylation is 1. The molecule has 0 aliphatic carbocycles. The number of unbranched alkanes of at least 4 members (excludes halogenated alkanes) is 1. The molecule has 6 heteroatoms. The van der Waals surface area contributed by atoms with Crippen molar-refractivity contribution in [1.82, 2.24) is 4.90 Å². The number of nitrogens with zero attached hydrogens (tertiary/aromatic N) is 1. The van der Waals surface area contributed by atoms with Gasteiger partial charge in [0.05, 0.1) is 12.7 Å². The summed E-state index contributed by atoms with van der Waals surface area (Å²) in [4.78, 5) is 14.2. The maximum Gasteiger partial charge on any atom is 0.222 e. The number of rotatable bonds is 10. The zero-order valence-corrected chi connectivity index (χ0v) is 16.6. The maximum absolute atomic E-state index is 12.3. The zero-order valence-electron chi connectivity index (χ0n) is 15.8. The molecule has 0 atom stereocenters. The fourth-order valence-corrected chi connectivity index (χ4v) is 3.04. The molecule has 1 saturated heterocycles. The largest absolute Gasteiger partial charge is 0.494 e. The van der Waals surface area contributed by atoms with Crippen LogP contribution in [0.4, 0.5) is 0 Å². The molecule has 5 nitrogen and oxygen atoms in total. The predicted octanol–water partition coefficient (Wildman–Crippen LogP) is 3.32. The Kier molecular flexibility index (Phi) is 11.3. The Hall–Kier alpha value is -1.30. The molecule has 1 aliphatic rings. The van der Waals surface area contributed by atoms with Gasteiger partial charge in [-0.15, -0.1) is 12.4 Å². The van der Waals surface area contributed by atoms with Crippen molar-refractivity contribution in [3.63, 3.8) is 0 Å². The van der Waals surface area contributed by atoms with Gasteiger partial charge in [-0.25, -0.2) is 0 Å². The standard InChI is InChI=1S/C20H32N2O3.ClH/c1-17-6-4-7-19(16-17)25-14-3-2-8-20(23)22-12-9-18(10-13-22)24-15-5-11-21;/h4,6-7,16,18H,2-3,5,8-15,21H2,1H3;1H. The van der Waals surface area contributed by atoms with Crippen LogP contribution in [0, 0.1) is 6.92 Å². The highest BCUT2D eigenvalue weighted by Gasteiger charge is 2.22. The number of likely N-dealkylation sites (tertiary alicyclic amines) is 1. The van der Waals surface area contributed by atoms with E-state index in [0.717, 1.165) is 57.6 Å². The number of carbonyl (C=O) groups excluding carboxylic acids is 1. The van der Waals surface area contributed by atoms with Gasteiger partial charge in [-0.1, -0.05) is 12.1 Å². The number of amides is 1. The SMILES string of the molecule is Cc1cccc(OCCCCC(=O)N2CCC(OCCCN)CC2)c1.Cl. The summed E-state index contributed by atoms with van der Waals surface area (Å²) in [6.45, 7) is 5.74. The van der Waals surface area contributed by atoms with Crippen LogP contribution in [0.15, 0.2) is 24.3 Å². The summed E-state index contributed by atoms with van der Waals surface area (Å²) in [6.07, 6.45) is 5.45. The number of carbonyl (C=O) groups is 1. The fourth-order valence-electron chi connectivity index (χ4n) is 3.04. The minimum absolute atomic E-state index is 0. The lowest BCUT2D eigenvalue weighted by Gasteiger charge is -2.32. The summed E-state index contributed by atoms with van der Waals surface area (Å²) < 4.78 is 11.5. The van der Waals surface area contributed by atoms with Gasteiger partial charge in [0.15, 0.2) is 0 Å². The minimum atomic E-state index is 0. The van der Waals surface area contributed by atoms with E-state index in [1.54, 1.807) is 0 Å². The van der Waals surface area contributed by atoms with Gasteiger partial charge in [-0.2, -0.15) is 0 Å². The molecule has 1 aliphatic heterocycles. The molecule has 2 N–H and O–H groups in total. The van der Waals surface area contributed by atoms with Crippen LogP contribution in [0.3, 0.4) is 0 Å². The van der Waals surface area contributed by atoms with Gasteiger partial charge in [0.1, 0.15) is 5.75 Å². The van der Waals surface area contributed by atoms with Crippen LogP contribution in [0.2, 0.25) is 0 Å². The van der Waals surface area contributed by atoms with Crippen LogP contribution in [0.25, 0.3) is 0 Å². The molecule has 1 heterocycles. The molecule has 148 valence electrons. The first kappa shape index (κ1) is 22.7. The molecule has 0 bridgehead atoms. The lowest BCUT2D eigenvalue weighted by molar-refractivity contribution is -0.134. The second-order valence-electron chi connectivity index (χ2n) is 6.72. The van der Waals surface area contributed by atoms with Crippen molar-refractivity contribution in [2.24, 2.45) is 5.73 Å². The molecule has 0 unspecified atom stereocenters. The lowest BCUT2D eigenvalue weighted by atomic mass is 10.1. The van der Waals surface area contributed by atoms with Crippen LogP contribution in [0.1, 0.15) is 44.1 Å². The average Bonchev–Trinajstić information content (AvgIpc) is 2.62. The molecule has 1 aromatic rings. The fraction of sp³-hybridized carbons (Fsp3) is 0.650. The van der Waals surface area contributed by atoms with Crippen molar-refractivity contribution >= 4 is 18.3 Å². The van der Waals surface area contributed by atoms with Crippen molar-refractivity contribution in [3.8, 4) is 5.75 Å². The van der Waals surface area contributed by atoms with Crippen LogP contribution in [-0.2, 0) is 9.53 Å². The number of hydrogen-bond acceptors (Lipinski definition) is 4. The Balaban J connectivity index is 0.00000338. The normalized spacial score (nSPS) is 14.8. The molecule has 26 heavy (non-hydrogen) atoms. The number of benzene rings is 1. The highest BCUT2D eigenvalue weighted by Crippen LogP contribution is 2.16. The number of nitrogens with two attached hydrogens (primary N) is 1. The topological polar surface area (TPSA) is 64.8 Å². The molecular formula is C20H33ClN2O3. The third-order valence-electron chi connectivity index (χ3n) is 4.54. The van der Waals surface area contributed by atoms with Crippen molar-refractivity contribution in [3.05, 3.63) is 29.8 Å². The van der Waals surface area contributed by atoms with Gasteiger partial charge in [-0.05, 0) is 63.3 Å². The predicted molar refractivity (Wildman–Crippen MR) is 107 cm³/mol. The Morgan fingerprint density at radius 2 is 1.96 bits per heavy atom. The maximum atomic E-state index is 12.3. The van der Waals surface area contributed by atoms with E-state index >= 15 is 0 Å². The molecular weight excluding hydrogens is 352 g/mol. The molecule has 0 radical (unpaired) electrons. The monoisotopic (exact) mass is 384 g/mol. The van der Waals surface area contributed by atoms with E-state index in [-0.39, 0.29) is 18.3 Å². The summed E-state index contributed by atoms with van der Waals surface area (Å²) in [5.74, 6) is 1.17. The third-order valence-corrected chi connectivity index (χ3v) is 4.54. The van der Waals surface area contributed by atoms with Crippen LogP contribution >= 0.6 is 12.4 Å². The van der Waals surface area contributed by atoms with Gasteiger partial charge in [-0.3, -0.25) is 4.79 Å². The van der Waals surface area contributed by atoms with Crippen LogP contribution in [0.5, 0.6) is 5.75 Å². The molecule has 0 spiro atoms. The minimum Gasteiger partial charge on any atom is -0.494 e. The highest BCUT2D eigenvalue weighted by atomic mass is 35.5. The second-order valence-corrected chi connectivity index (χ2v) is 6.72. The number of piperidine rings is 1. The van der Waals surface area contributed by atoms with E-state index in [1.165, 1.54) is 5.56 Å². The van der Waals surface area contributed by atoms with Gasteiger partial charge >= 0.3 is 0 Å². The summed E-state index contributed by atoms with van der Waals surface area (Å²) in [5, 5.41) is 0. The van der Waals surface area contributed by atoms with E-state index in [4.69, 9.17) is 15.2 Å². The quantitative estimate of drug-likeness (QED) is 0.628. The van der Waals surface area contributed by atoms with E-state index in [9.17, 15) is 4.79 Å². The second kappa shape index (κ2) is 13.0. The van der Waals surface area contributed by atoms with E-state index in [0.29, 0.717) is 25.7 Å². The highest BCUT2D eigenvalue weighted by molar-refractivity contribution is 5.85. The Labute approximate surface area is 163 Å². The number of halogens is 1. The molecule has 2 rings (SSSR count). The Morgan fingerprint density at radius 1 is 1.19 bits per heavy atom. The Morgan fingerprint density at radius 3 is 2.65 bits per heavy atom. The van der Waals surface area contributed by atoms with Crippen molar-refractivity contribution in [2.75, 3.05) is 32.8 Å². The summed E-state index contributed by atoms with van der Waals surface area (Å²) in [6, 6.07) is 8.05. The molecule has 1 aromatic carbocycles. The number of ether oxygens (including phenoxy) is 2. The van der Waals surface area contributed by atoms with Crippen LogP contribution in [-0.4, -0.2) is 49.8 Å². The molecule has 0 saturated carbocycles. The summed E-state index contributed by atoms with van der Waals surface area (Å²) in [5.41, 5.74) is 6.67. The zero-order chi connectivity index (χ0) is 17.9. The van der Waals surface area contributed by atoms with Crippen LogP contribution < -0.4 is 10.5 Å². The summed E-state index contributed by atoms with van der Waals surface area (Å²) in [7, 11) is 0.